The lowest BCUT2D eigenvalue weighted by atomic mass is 9.99. The van der Waals surface area contributed by atoms with Crippen molar-refractivity contribution in [3.8, 4) is 0 Å². The quantitative estimate of drug-likeness (QED) is 0.711. The molecule has 0 aliphatic heterocycles. The van der Waals surface area contributed by atoms with Gasteiger partial charge in [-0.2, -0.15) is 0 Å². The summed E-state index contributed by atoms with van der Waals surface area (Å²) >= 11 is 0. The molecule has 0 amide bonds. The first-order chi connectivity index (χ1) is 12.2. The van der Waals surface area contributed by atoms with Gasteiger partial charge in [0.2, 0.25) is 0 Å². The van der Waals surface area contributed by atoms with Gasteiger partial charge in [0.15, 0.2) is 0 Å². The molecule has 0 saturated heterocycles. The number of aliphatic hydroxyl groups excluding tert-OH is 1. The van der Waals surface area contributed by atoms with Crippen molar-refractivity contribution in [2.75, 3.05) is 0 Å². The summed E-state index contributed by atoms with van der Waals surface area (Å²) in [7, 11) is 0. The minimum absolute atomic E-state index is 0.00164. The first kappa shape index (κ1) is 17.3. The number of aromatic nitrogens is 1. The van der Waals surface area contributed by atoms with E-state index in [0.29, 0.717) is 0 Å². The molecule has 2 unspecified atom stereocenters. The van der Waals surface area contributed by atoms with Crippen molar-refractivity contribution < 1.29 is 9.50 Å². The summed E-state index contributed by atoms with van der Waals surface area (Å²) < 4.78 is 13.7. The number of rotatable bonds is 6. The fourth-order valence-electron chi connectivity index (χ4n) is 2.89. The van der Waals surface area contributed by atoms with Gasteiger partial charge in [-0.1, -0.05) is 42.5 Å². The molecule has 0 saturated carbocycles. The van der Waals surface area contributed by atoms with Gasteiger partial charge in [-0.3, -0.25) is 10.3 Å². The van der Waals surface area contributed by atoms with Crippen molar-refractivity contribution >= 4 is 0 Å². The highest BCUT2D eigenvalue weighted by Crippen LogP contribution is 2.25. The zero-order valence-electron chi connectivity index (χ0n) is 14.1. The van der Waals surface area contributed by atoms with Gasteiger partial charge in [0.1, 0.15) is 5.82 Å². The molecule has 1 heterocycles. The van der Waals surface area contributed by atoms with Crippen molar-refractivity contribution in [1.29, 1.82) is 0 Å². The number of benzene rings is 2. The largest absolute Gasteiger partial charge is 0.392 e. The molecule has 2 atom stereocenters. The van der Waals surface area contributed by atoms with Crippen LogP contribution in [0.2, 0.25) is 0 Å². The van der Waals surface area contributed by atoms with Crippen molar-refractivity contribution in [1.82, 2.24) is 10.3 Å². The smallest absolute Gasteiger partial charge is 0.123 e. The topological polar surface area (TPSA) is 45.2 Å². The molecule has 128 valence electrons. The molecule has 0 radical (unpaired) electrons. The van der Waals surface area contributed by atoms with Crippen LogP contribution in [0.25, 0.3) is 0 Å². The third-order valence-electron chi connectivity index (χ3n) is 4.22. The Bertz CT molecular complexity index is 823. The van der Waals surface area contributed by atoms with E-state index in [9.17, 15) is 9.50 Å². The molecule has 3 nitrogen and oxygen atoms in total. The van der Waals surface area contributed by atoms with Gasteiger partial charge >= 0.3 is 0 Å². The summed E-state index contributed by atoms with van der Waals surface area (Å²) in [5, 5.41) is 12.9. The molecule has 25 heavy (non-hydrogen) atoms. The lowest BCUT2D eigenvalue weighted by molar-refractivity contribution is 0.281. The maximum Gasteiger partial charge on any atom is 0.123 e. The minimum atomic E-state index is -0.268. The monoisotopic (exact) mass is 336 g/mol. The van der Waals surface area contributed by atoms with Crippen LogP contribution in [-0.2, 0) is 6.61 Å². The van der Waals surface area contributed by atoms with Gasteiger partial charge in [-0.15, -0.1) is 0 Å². The van der Waals surface area contributed by atoms with E-state index in [-0.39, 0.29) is 24.5 Å². The molecule has 0 fully saturated rings. The fraction of sp³-hybridized carbons (Fsp3) is 0.190. The molecule has 0 bridgehead atoms. The van der Waals surface area contributed by atoms with Gasteiger partial charge in [0.25, 0.3) is 0 Å². The number of nitrogens with zero attached hydrogens (tertiary/aromatic N) is 1. The van der Waals surface area contributed by atoms with E-state index in [4.69, 9.17) is 0 Å². The Morgan fingerprint density at radius 1 is 1.00 bits per heavy atom. The highest BCUT2D eigenvalue weighted by atomic mass is 19.1. The fourth-order valence-corrected chi connectivity index (χ4v) is 2.89. The maximum atomic E-state index is 13.7. The molecule has 2 N–H and O–H groups in total. The molecule has 2 aromatic carbocycles. The third-order valence-corrected chi connectivity index (χ3v) is 4.22. The second kappa shape index (κ2) is 8.01. The standard InChI is InChI=1S/C21H21FN2O/c1-15(17-7-4-6-16(12-17)14-25)24-21(20-10-2-3-11-23-20)18-8-5-9-19(22)13-18/h2-13,15,21,24-25H,14H2,1H3. The highest BCUT2D eigenvalue weighted by molar-refractivity contribution is 5.30. The second-order valence-electron chi connectivity index (χ2n) is 6.03. The molecule has 0 aliphatic rings. The molecule has 0 aliphatic carbocycles. The molecule has 1 aromatic heterocycles. The zero-order valence-corrected chi connectivity index (χ0v) is 14.1. The predicted octanol–water partition coefficient (Wildman–Crippen LogP) is 4.15. The van der Waals surface area contributed by atoms with Crippen LogP contribution >= 0.6 is 0 Å². The van der Waals surface area contributed by atoms with Gasteiger partial charge in [-0.05, 0) is 47.9 Å². The van der Waals surface area contributed by atoms with Gasteiger partial charge in [0.05, 0.1) is 18.3 Å². The van der Waals surface area contributed by atoms with Crippen LogP contribution in [0.5, 0.6) is 0 Å². The van der Waals surface area contributed by atoms with E-state index < -0.39 is 0 Å². The SMILES string of the molecule is CC(NC(c1cccc(F)c1)c1ccccn1)c1cccc(CO)c1. The van der Waals surface area contributed by atoms with Crippen LogP contribution in [-0.4, -0.2) is 10.1 Å². The molecule has 3 rings (SSSR count). The van der Waals surface area contributed by atoms with E-state index in [1.165, 1.54) is 12.1 Å². The van der Waals surface area contributed by atoms with Crippen LogP contribution in [0.15, 0.2) is 72.9 Å². The van der Waals surface area contributed by atoms with Crippen molar-refractivity contribution in [3.63, 3.8) is 0 Å². The van der Waals surface area contributed by atoms with Gasteiger partial charge in [-0.25, -0.2) is 4.39 Å². The van der Waals surface area contributed by atoms with E-state index in [1.807, 2.05) is 55.5 Å². The maximum absolute atomic E-state index is 13.7. The average Bonchev–Trinajstić information content (AvgIpc) is 2.66. The summed E-state index contributed by atoms with van der Waals surface area (Å²) in [5.74, 6) is -0.268. The minimum Gasteiger partial charge on any atom is -0.392 e. The Labute approximate surface area is 147 Å². The van der Waals surface area contributed by atoms with Gasteiger partial charge in [0, 0.05) is 12.2 Å². The van der Waals surface area contributed by atoms with Crippen LogP contribution in [0, 0.1) is 5.82 Å². The van der Waals surface area contributed by atoms with Crippen LogP contribution in [0.3, 0.4) is 0 Å². The average molecular weight is 336 g/mol. The Morgan fingerprint density at radius 3 is 2.52 bits per heavy atom. The Kier molecular flexibility index (Phi) is 5.53. The number of halogens is 1. The predicted molar refractivity (Wildman–Crippen MR) is 96.4 cm³/mol. The van der Waals surface area contributed by atoms with Crippen LogP contribution < -0.4 is 5.32 Å². The Morgan fingerprint density at radius 2 is 1.80 bits per heavy atom. The molecule has 3 aromatic rings. The first-order valence-corrected chi connectivity index (χ1v) is 8.29. The van der Waals surface area contributed by atoms with Gasteiger partial charge < -0.3 is 5.11 Å². The summed E-state index contributed by atoms with van der Waals surface area (Å²) in [6.45, 7) is 2.06. The number of aliphatic hydroxyl groups is 1. The van der Waals surface area contributed by atoms with E-state index in [2.05, 4.69) is 10.3 Å². The second-order valence-corrected chi connectivity index (χ2v) is 6.03. The third kappa shape index (κ3) is 4.29. The number of hydrogen-bond acceptors (Lipinski definition) is 3. The normalized spacial score (nSPS) is 13.4. The Balaban J connectivity index is 1.92. The van der Waals surface area contributed by atoms with Crippen LogP contribution in [0.1, 0.15) is 41.4 Å². The zero-order chi connectivity index (χ0) is 17.6. The molecular weight excluding hydrogens is 315 g/mol. The molecular formula is C21H21FN2O. The van der Waals surface area contributed by atoms with E-state index in [0.717, 1.165) is 22.4 Å². The summed E-state index contributed by atoms with van der Waals surface area (Å²) in [4.78, 5) is 4.44. The van der Waals surface area contributed by atoms with E-state index >= 15 is 0 Å². The van der Waals surface area contributed by atoms with Crippen LogP contribution in [0.4, 0.5) is 4.39 Å². The molecule has 4 heteroatoms. The van der Waals surface area contributed by atoms with E-state index in [1.54, 1.807) is 12.3 Å². The highest BCUT2D eigenvalue weighted by Gasteiger charge is 2.19. The number of nitrogens with one attached hydrogen (secondary N) is 1. The first-order valence-electron chi connectivity index (χ1n) is 8.29. The van der Waals surface area contributed by atoms with Crippen molar-refractivity contribution in [3.05, 3.63) is 101 Å². The lowest BCUT2D eigenvalue weighted by Gasteiger charge is -2.24. The Hall–Kier alpha value is -2.56. The van der Waals surface area contributed by atoms with Crippen molar-refractivity contribution in [2.45, 2.75) is 25.6 Å². The lowest BCUT2D eigenvalue weighted by Crippen LogP contribution is -2.26. The molecule has 0 spiro atoms. The summed E-state index contributed by atoms with van der Waals surface area (Å²) in [6.07, 6.45) is 1.74. The number of pyridine rings is 1. The summed E-state index contributed by atoms with van der Waals surface area (Å²) in [6, 6.07) is 19.9. The number of hydrogen-bond donors (Lipinski definition) is 2. The summed E-state index contributed by atoms with van der Waals surface area (Å²) in [5.41, 5.74) is 3.58. The van der Waals surface area contributed by atoms with Crippen molar-refractivity contribution in [2.24, 2.45) is 0 Å².